The van der Waals surface area contributed by atoms with Crippen molar-refractivity contribution in [2.24, 2.45) is 5.73 Å². The average molecular weight is 270 g/mol. The molecule has 1 amide bonds. The Labute approximate surface area is 94.8 Å². The smallest absolute Gasteiger partial charge is 0.262 e. The lowest BCUT2D eigenvalue weighted by molar-refractivity contribution is 0.0997. The standard InChI is InChI=1S/C7H5Cl2NO4S/c8-4-2-6(15(9,13)14)3(7(10)12)1-5(4)11/h1-2,11H,(H2,10,12). The van der Waals surface area contributed by atoms with Crippen molar-refractivity contribution in [1.29, 1.82) is 0 Å². The van der Waals surface area contributed by atoms with E-state index in [9.17, 15) is 13.2 Å². The van der Waals surface area contributed by atoms with Gasteiger partial charge in [-0.25, -0.2) is 8.42 Å². The third kappa shape index (κ3) is 2.53. The summed E-state index contributed by atoms with van der Waals surface area (Å²) in [6, 6.07) is 1.71. The van der Waals surface area contributed by atoms with Gasteiger partial charge in [0.15, 0.2) is 0 Å². The highest BCUT2D eigenvalue weighted by molar-refractivity contribution is 8.13. The van der Waals surface area contributed by atoms with E-state index in [2.05, 4.69) is 0 Å². The Bertz CT molecular complexity index is 526. The van der Waals surface area contributed by atoms with Crippen molar-refractivity contribution in [3.8, 4) is 5.75 Å². The van der Waals surface area contributed by atoms with Crippen molar-refractivity contribution in [2.45, 2.75) is 4.90 Å². The first-order chi connectivity index (χ1) is 6.73. The lowest BCUT2D eigenvalue weighted by Gasteiger charge is -2.05. The van der Waals surface area contributed by atoms with Crippen LogP contribution in [0, 0.1) is 0 Å². The summed E-state index contributed by atoms with van der Waals surface area (Å²) in [5.74, 6) is -1.48. The van der Waals surface area contributed by atoms with E-state index in [4.69, 9.17) is 33.1 Å². The van der Waals surface area contributed by atoms with Crippen LogP contribution in [0.25, 0.3) is 0 Å². The van der Waals surface area contributed by atoms with Gasteiger partial charge >= 0.3 is 0 Å². The maximum absolute atomic E-state index is 11.0. The van der Waals surface area contributed by atoms with Crippen LogP contribution in [0.15, 0.2) is 17.0 Å². The topological polar surface area (TPSA) is 97.5 Å². The Kier molecular flexibility index (Phi) is 3.13. The zero-order chi connectivity index (χ0) is 11.8. The quantitative estimate of drug-likeness (QED) is 0.785. The van der Waals surface area contributed by atoms with Gasteiger partial charge in [0, 0.05) is 10.7 Å². The van der Waals surface area contributed by atoms with Crippen molar-refractivity contribution in [2.75, 3.05) is 0 Å². The third-order valence-corrected chi connectivity index (χ3v) is 3.24. The molecule has 0 aromatic heterocycles. The molecule has 1 aromatic rings. The molecule has 5 nitrogen and oxygen atoms in total. The number of halogens is 2. The Morgan fingerprint density at radius 1 is 1.40 bits per heavy atom. The highest BCUT2D eigenvalue weighted by atomic mass is 35.7. The number of amides is 1. The molecule has 0 radical (unpaired) electrons. The Balaban J connectivity index is 3.64. The molecule has 0 spiro atoms. The first-order valence-electron chi connectivity index (χ1n) is 3.50. The van der Waals surface area contributed by atoms with Crippen LogP contribution in [0.3, 0.4) is 0 Å². The maximum atomic E-state index is 11.0. The fourth-order valence-electron chi connectivity index (χ4n) is 0.938. The molecule has 0 aliphatic heterocycles. The number of hydrogen-bond donors (Lipinski definition) is 2. The molecular weight excluding hydrogens is 265 g/mol. The van der Waals surface area contributed by atoms with Crippen molar-refractivity contribution < 1.29 is 18.3 Å². The summed E-state index contributed by atoms with van der Waals surface area (Å²) < 4.78 is 22.1. The van der Waals surface area contributed by atoms with E-state index in [0.717, 1.165) is 12.1 Å². The molecule has 0 saturated carbocycles. The molecule has 8 heteroatoms. The molecule has 0 unspecified atom stereocenters. The molecule has 0 heterocycles. The van der Waals surface area contributed by atoms with Gasteiger partial charge in [-0.1, -0.05) is 11.6 Å². The molecule has 0 fully saturated rings. The highest BCUT2D eigenvalue weighted by Gasteiger charge is 2.21. The summed E-state index contributed by atoms with van der Waals surface area (Å²) in [6.45, 7) is 0. The average Bonchev–Trinajstić information content (AvgIpc) is 2.06. The number of phenolic OH excluding ortho intramolecular Hbond substituents is 1. The van der Waals surface area contributed by atoms with E-state index in [1.165, 1.54) is 0 Å². The molecular formula is C7H5Cl2NO4S. The molecule has 3 N–H and O–H groups in total. The predicted molar refractivity (Wildman–Crippen MR) is 54.7 cm³/mol. The summed E-state index contributed by atoms with van der Waals surface area (Å²) in [4.78, 5) is 10.3. The van der Waals surface area contributed by atoms with Gasteiger partial charge in [-0.05, 0) is 12.1 Å². The second-order valence-corrected chi connectivity index (χ2v) is 5.54. The van der Waals surface area contributed by atoms with Crippen LogP contribution in [0.2, 0.25) is 5.02 Å². The van der Waals surface area contributed by atoms with Gasteiger partial charge in [0.05, 0.1) is 15.5 Å². The van der Waals surface area contributed by atoms with Crippen LogP contribution in [0.5, 0.6) is 5.75 Å². The van der Waals surface area contributed by atoms with Crippen LogP contribution >= 0.6 is 22.3 Å². The summed E-state index contributed by atoms with van der Waals surface area (Å²) >= 11 is 5.47. The Morgan fingerprint density at radius 2 is 1.93 bits per heavy atom. The predicted octanol–water partition coefficient (Wildman–Crippen LogP) is 1.07. The van der Waals surface area contributed by atoms with Crippen LogP contribution in [-0.4, -0.2) is 19.4 Å². The molecule has 0 bridgehead atoms. The minimum Gasteiger partial charge on any atom is -0.506 e. The number of hydrogen-bond acceptors (Lipinski definition) is 4. The normalized spacial score (nSPS) is 11.3. The molecule has 0 saturated heterocycles. The molecule has 82 valence electrons. The third-order valence-electron chi connectivity index (χ3n) is 1.58. The van der Waals surface area contributed by atoms with E-state index in [1.807, 2.05) is 0 Å². The van der Waals surface area contributed by atoms with E-state index in [0.29, 0.717) is 0 Å². The number of phenols is 1. The minimum atomic E-state index is -4.14. The van der Waals surface area contributed by atoms with Crippen molar-refractivity contribution >= 4 is 37.2 Å². The number of rotatable bonds is 2. The molecule has 1 rings (SSSR count). The zero-order valence-corrected chi connectivity index (χ0v) is 9.40. The van der Waals surface area contributed by atoms with E-state index in [1.54, 1.807) is 0 Å². The highest BCUT2D eigenvalue weighted by Crippen LogP contribution is 2.30. The fraction of sp³-hybridized carbons (Fsp3) is 0. The number of nitrogens with two attached hydrogens (primary N) is 1. The summed E-state index contributed by atoms with van der Waals surface area (Å²) in [7, 11) is 0.914. The van der Waals surface area contributed by atoms with Crippen LogP contribution in [0.4, 0.5) is 0 Å². The molecule has 0 atom stereocenters. The first kappa shape index (κ1) is 12.1. The zero-order valence-electron chi connectivity index (χ0n) is 7.07. The van der Waals surface area contributed by atoms with Crippen molar-refractivity contribution in [3.05, 3.63) is 22.7 Å². The van der Waals surface area contributed by atoms with Crippen molar-refractivity contribution in [1.82, 2.24) is 0 Å². The van der Waals surface area contributed by atoms with Gasteiger partial charge in [0.1, 0.15) is 5.75 Å². The summed E-state index contributed by atoms with van der Waals surface area (Å²) in [6.07, 6.45) is 0. The van der Waals surface area contributed by atoms with Gasteiger partial charge in [-0.2, -0.15) is 0 Å². The van der Waals surface area contributed by atoms with E-state index in [-0.39, 0.29) is 5.02 Å². The van der Waals surface area contributed by atoms with E-state index >= 15 is 0 Å². The molecule has 0 aliphatic carbocycles. The number of primary amides is 1. The fourth-order valence-corrected chi connectivity index (χ4v) is 2.23. The Morgan fingerprint density at radius 3 is 2.33 bits per heavy atom. The number of carbonyl (C=O) groups excluding carboxylic acids is 1. The second kappa shape index (κ2) is 3.88. The number of benzene rings is 1. The first-order valence-corrected chi connectivity index (χ1v) is 6.19. The summed E-state index contributed by atoms with van der Waals surface area (Å²) in [5, 5.41) is 8.92. The van der Waals surface area contributed by atoms with Gasteiger partial charge in [-0.15, -0.1) is 0 Å². The Hall–Kier alpha value is -0.980. The second-order valence-electron chi connectivity index (χ2n) is 2.60. The SMILES string of the molecule is NC(=O)c1cc(O)c(Cl)cc1S(=O)(=O)Cl. The number of aromatic hydroxyl groups is 1. The maximum Gasteiger partial charge on any atom is 0.262 e. The van der Waals surface area contributed by atoms with Gasteiger partial charge in [-0.3, -0.25) is 4.79 Å². The van der Waals surface area contributed by atoms with Crippen LogP contribution in [-0.2, 0) is 9.05 Å². The lowest BCUT2D eigenvalue weighted by Crippen LogP contribution is -2.14. The van der Waals surface area contributed by atoms with Crippen LogP contribution in [0.1, 0.15) is 10.4 Å². The van der Waals surface area contributed by atoms with E-state index < -0.39 is 31.2 Å². The van der Waals surface area contributed by atoms with Gasteiger partial charge in [0.25, 0.3) is 9.05 Å². The van der Waals surface area contributed by atoms with Gasteiger partial charge in [0.2, 0.25) is 5.91 Å². The number of carbonyl (C=O) groups is 1. The van der Waals surface area contributed by atoms with Crippen molar-refractivity contribution in [3.63, 3.8) is 0 Å². The summed E-state index contributed by atoms with van der Waals surface area (Å²) in [5.41, 5.74) is 4.50. The van der Waals surface area contributed by atoms with Crippen LogP contribution < -0.4 is 5.73 Å². The minimum absolute atomic E-state index is 0.237. The van der Waals surface area contributed by atoms with Gasteiger partial charge < -0.3 is 10.8 Å². The largest absolute Gasteiger partial charge is 0.506 e. The monoisotopic (exact) mass is 269 g/mol. The molecule has 0 aliphatic rings. The lowest BCUT2D eigenvalue weighted by atomic mass is 10.2. The molecule has 15 heavy (non-hydrogen) atoms. The molecule has 1 aromatic carbocycles.